The summed E-state index contributed by atoms with van der Waals surface area (Å²) < 4.78 is 16.0. The normalized spacial score (nSPS) is 13.9. The Morgan fingerprint density at radius 3 is 1.37 bits per heavy atom. The minimum absolute atomic E-state index is 0.500. The molecule has 0 bridgehead atoms. The first-order valence-corrected chi connectivity index (χ1v) is 10.7. The smallest absolute Gasteiger partial charge is 0.161 e. The monoisotopic (exact) mass is 415 g/mol. The number of nitrogens with one attached hydrogen (secondary N) is 1. The van der Waals surface area contributed by atoms with Crippen molar-refractivity contribution in [1.82, 2.24) is 0 Å². The van der Waals surface area contributed by atoms with Crippen molar-refractivity contribution in [2.24, 2.45) is 10.8 Å². The fourth-order valence-electron chi connectivity index (χ4n) is 2.08. The Morgan fingerprint density at radius 1 is 0.567 bits per heavy atom. The lowest BCUT2D eigenvalue weighted by Crippen LogP contribution is -2.17. The van der Waals surface area contributed by atoms with E-state index >= 15 is 0 Å². The third-order valence-corrected chi connectivity index (χ3v) is 3.01. The standard InChI is InChI=1S/C8H9NO.C8H8O2.2C5H12/c2*1-2-4-8-7(3-1)9-5-6-10-8;2*1-5(2,3)4/h1-4,9H,5-6H2;1-4H,5-6H2;2*1-4H3. The van der Waals surface area contributed by atoms with E-state index in [1.165, 1.54) is 0 Å². The van der Waals surface area contributed by atoms with Crippen LogP contribution in [0.25, 0.3) is 0 Å². The molecule has 0 saturated carbocycles. The van der Waals surface area contributed by atoms with Crippen LogP contribution in [0.15, 0.2) is 48.5 Å². The van der Waals surface area contributed by atoms with Crippen LogP contribution in [-0.4, -0.2) is 26.4 Å². The molecule has 2 aromatic carbocycles. The Bertz CT molecular complexity index is 604. The summed E-state index contributed by atoms with van der Waals surface area (Å²) in [6.45, 7) is 20.5. The summed E-state index contributed by atoms with van der Waals surface area (Å²) >= 11 is 0. The minimum Gasteiger partial charge on any atom is -0.490 e. The van der Waals surface area contributed by atoms with Crippen LogP contribution in [0.5, 0.6) is 17.2 Å². The zero-order valence-corrected chi connectivity index (χ0v) is 20.2. The van der Waals surface area contributed by atoms with E-state index in [1.54, 1.807) is 0 Å². The lowest BCUT2D eigenvalue weighted by atomic mass is 10.0. The Morgan fingerprint density at radius 2 is 0.933 bits per heavy atom. The molecule has 0 radical (unpaired) electrons. The van der Waals surface area contributed by atoms with Crippen LogP contribution < -0.4 is 19.5 Å². The zero-order valence-electron chi connectivity index (χ0n) is 20.2. The van der Waals surface area contributed by atoms with Gasteiger partial charge in [0.25, 0.3) is 0 Å². The Hall–Kier alpha value is -2.36. The van der Waals surface area contributed by atoms with Gasteiger partial charge in [0.2, 0.25) is 0 Å². The first-order valence-electron chi connectivity index (χ1n) is 10.7. The number of rotatable bonds is 0. The molecule has 1 N–H and O–H groups in total. The highest BCUT2D eigenvalue weighted by Gasteiger charge is 2.08. The average Bonchev–Trinajstić information content (AvgIpc) is 2.66. The van der Waals surface area contributed by atoms with Crippen molar-refractivity contribution >= 4 is 5.69 Å². The predicted octanol–water partition coefficient (Wildman–Crippen LogP) is 7.05. The summed E-state index contributed by atoms with van der Waals surface area (Å²) in [5.41, 5.74) is 2.11. The van der Waals surface area contributed by atoms with E-state index in [-0.39, 0.29) is 0 Å². The molecule has 4 nitrogen and oxygen atoms in total. The molecular weight excluding hydrogens is 374 g/mol. The second-order valence-corrected chi connectivity index (χ2v) is 10.4. The van der Waals surface area contributed by atoms with E-state index in [4.69, 9.17) is 14.2 Å². The zero-order chi connectivity index (χ0) is 22.6. The maximum Gasteiger partial charge on any atom is 0.161 e. The van der Waals surface area contributed by atoms with Crippen molar-refractivity contribution in [1.29, 1.82) is 0 Å². The van der Waals surface area contributed by atoms with Crippen molar-refractivity contribution in [2.45, 2.75) is 55.4 Å². The first kappa shape index (κ1) is 25.7. The number of benzene rings is 2. The van der Waals surface area contributed by atoms with Gasteiger partial charge in [0, 0.05) is 6.54 Å². The molecular formula is C26H41NO3. The summed E-state index contributed by atoms with van der Waals surface area (Å²) in [7, 11) is 0. The molecule has 0 aromatic heterocycles. The summed E-state index contributed by atoms with van der Waals surface area (Å²) in [5, 5.41) is 3.24. The van der Waals surface area contributed by atoms with E-state index in [1.807, 2.05) is 48.5 Å². The third-order valence-electron chi connectivity index (χ3n) is 3.01. The van der Waals surface area contributed by atoms with E-state index < -0.39 is 0 Å². The molecule has 0 unspecified atom stereocenters. The molecule has 0 aliphatic carbocycles. The highest BCUT2D eigenvalue weighted by atomic mass is 16.6. The van der Waals surface area contributed by atoms with Crippen molar-refractivity contribution in [3.63, 3.8) is 0 Å². The van der Waals surface area contributed by atoms with Crippen LogP contribution >= 0.6 is 0 Å². The van der Waals surface area contributed by atoms with Crippen molar-refractivity contribution in [3.8, 4) is 17.2 Å². The van der Waals surface area contributed by atoms with Gasteiger partial charge in [-0.1, -0.05) is 79.7 Å². The van der Waals surface area contributed by atoms with Gasteiger partial charge >= 0.3 is 0 Å². The van der Waals surface area contributed by atoms with Gasteiger partial charge in [-0.3, -0.25) is 0 Å². The molecule has 0 amide bonds. The largest absolute Gasteiger partial charge is 0.490 e. The Kier molecular flexibility index (Phi) is 10.6. The topological polar surface area (TPSA) is 39.7 Å². The number of ether oxygens (including phenoxy) is 3. The van der Waals surface area contributed by atoms with Gasteiger partial charge in [-0.25, -0.2) is 0 Å². The van der Waals surface area contributed by atoms with Gasteiger partial charge < -0.3 is 19.5 Å². The maximum absolute atomic E-state index is 5.36. The lowest BCUT2D eigenvalue weighted by Gasteiger charge is -2.17. The second-order valence-electron chi connectivity index (χ2n) is 10.4. The molecule has 2 aliphatic rings. The summed E-state index contributed by atoms with van der Waals surface area (Å²) in [5.74, 6) is 2.68. The number of para-hydroxylation sites is 4. The van der Waals surface area contributed by atoms with E-state index in [2.05, 4.69) is 60.7 Å². The second kappa shape index (κ2) is 12.4. The quantitative estimate of drug-likeness (QED) is 0.500. The van der Waals surface area contributed by atoms with Crippen LogP contribution in [-0.2, 0) is 0 Å². The highest BCUT2D eigenvalue weighted by Crippen LogP contribution is 2.28. The maximum atomic E-state index is 5.36. The third kappa shape index (κ3) is 13.8. The molecule has 0 spiro atoms. The fraction of sp³-hybridized carbons (Fsp3) is 0.538. The van der Waals surface area contributed by atoms with Gasteiger partial charge in [0.15, 0.2) is 11.5 Å². The molecule has 30 heavy (non-hydrogen) atoms. The van der Waals surface area contributed by atoms with Crippen LogP contribution in [0.1, 0.15) is 55.4 Å². The average molecular weight is 416 g/mol. The predicted molar refractivity (Wildman–Crippen MR) is 128 cm³/mol. The minimum atomic E-state index is 0.500. The molecule has 0 fully saturated rings. The molecule has 0 saturated heterocycles. The van der Waals surface area contributed by atoms with Gasteiger partial charge in [-0.2, -0.15) is 0 Å². The van der Waals surface area contributed by atoms with Gasteiger partial charge in [0.1, 0.15) is 25.6 Å². The van der Waals surface area contributed by atoms with Crippen molar-refractivity contribution in [3.05, 3.63) is 48.5 Å². The number of hydrogen-bond donors (Lipinski definition) is 1. The lowest BCUT2D eigenvalue weighted by molar-refractivity contribution is 0.171. The van der Waals surface area contributed by atoms with Crippen LogP contribution in [0.4, 0.5) is 5.69 Å². The molecule has 2 aliphatic heterocycles. The number of fused-ring (bicyclic) bond motifs is 2. The van der Waals surface area contributed by atoms with Crippen LogP contribution in [0.3, 0.4) is 0 Å². The first-order chi connectivity index (χ1) is 13.9. The van der Waals surface area contributed by atoms with Crippen LogP contribution in [0.2, 0.25) is 0 Å². The van der Waals surface area contributed by atoms with E-state index in [9.17, 15) is 0 Å². The number of hydrogen-bond acceptors (Lipinski definition) is 4. The highest BCUT2D eigenvalue weighted by molar-refractivity contribution is 5.57. The van der Waals surface area contributed by atoms with Crippen molar-refractivity contribution in [2.75, 3.05) is 31.7 Å². The molecule has 2 heterocycles. The molecule has 0 atom stereocenters. The summed E-state index contributed by atoms with van der Waals surface area (Å²) in [6, 6.07) is 15.7. The van der Waals surface area contributed by atoms with E-state index in [0.717, 1.165) is 36.1 Å². The Labute approximate surface area is 183 Å². The molecule has 168 valence electrons. The molecule has 4 rings (SSSR count). The van der Waals surface area contributed by atoms with Gasteiger partial charge in [0.05, 0.1) is 5.69 Å². The van der Waals surface area contributed by atoms with Gasteiger partial charge in [-0.15, -0.1) is 0 Å². The summed E-state index contributed by atoms with van der Waals surface area (Å²) in [6.07, 6.45) is 0. The Balaban J connectivity index is 0.000000213. The SMILES string of the molecule is CC(C)(C)C.CC(C)(C)C.c1ccc2c(c1)NCCO2.c1ccc2c(c1)OCCO2. The van der Waals surface area contributed by atoms with Crippen molar-refractivity contribution < 1.29 is 14.2 Å². The summed E-state index contributed by atoms with van der Waals surface area (Å²) in [4.78, 5) is 0. The molecule has 2 aromatic rings. The van der Waals surface area contributed by atoms with Gasteiger partial charge in [-0.05, 0) is 35.1 Å². The number of anilines is 1. The molecule has 4 heteroatoms. The van der Waals surface area contributed by atoms with E-state index in [0.29, 0.717) is 24.0 Å². The van der Waals surface area contributed by atoms with Crippen LogP contribution in [0, 0.1) is 10.8 Å². The fourth-order valence-corrected chi connectivity index (χ4v) is 2.08.